The molecule has 0 radical (unpaired) electrons. The number of hydrogen-bond acceptors (Lipinski definition) is 3. The van der Waals surface area contributed by atoms with Gasteiger partial charge in [-0.05, 0) is 48.5 Å². The fourth-order valence-corrected chi connectivity index (χ4v) is 7.72. The molecule has 0 fully saturated rings. The second-order valence-electron chi connectivity index (χ2n) is 13.4. The van der Waals surface area contributed by atoms with E-state index in [1.165, 1.54) is 10.8 Å². The fraction of sp³-hybridized carbons (Fsp3) is 0. The Hall–Kier alpha value is -7.25. The Labute approximate surface area is 312 Å². The Morgan fingerprint density at radius 1 is 0.574 bits per heavy atom. The van der Waals surface area contributed by atoms with Crippen molar-refractivity contribution in [1.82, 2.24) is 19.3 Å². The lowest BCUT2D eigenvalue weighted by Crippen LogP contribution is -2.53. The minimum absolute atomic E-state index is 0.252. The zero-order chi connectivity index (χ0) is 35.8. The van der Waals surface area contributed by atoms with Crippen LogP contribution >= 0.6 is 0 Å². The van der Waals surface area contributed by atoms with Gasteiger partial charge in [-0.2, -0.15) is 0 Å². The average molecular weight is 695 g/mol. The number of hydrogen-bond donors (Lipinski definition) is 0. The van der Waals surface area contributed by atoms with E-state index in [4.69, 9.17) is 14.7 Å². The quantitative estimate of drug-likeness (QED) is 0.119. The summed E-state index contributed by atoms with van der Waals surface area (Å²) < 4.78 is 13.0. The number of pyridine rings is 1. The smallest absolute Gasteiger partial charge is 0.254 e. The molecule has 0 saturated heterocycles. The molecule has 4 heterocycles. The molecule has 0 amide bonds. The van der Waals surface area contributed by atoms with Crippen molar-refractivity contribution < 1.29 is 9.09 Å². The summed E-state index contributed by atoms with van der Waals surface area (Å²) in [4.78, 5) is 4.81. The third-order valence-corrected chi connectivity index (χ3v) is 10.2. The van der Waals surface area contributed by atoms with Crippen LogP contribution in [-0.4, -0.2) is 26.0 Å². The molecule has 6 aromatic carbocycles. The van der Waals surface area contributed by atoms with E-state index in [0.29, 0.717) is 0 Å². The van der Waals surface area contributed by atoms with Crippen molar-refractivity contribution >= 4 is 44.9 Å². The molecule has 0 saturated carbocycles. The normalized spacial score (nSPS) is 11.3. The molecule has 7 heteroatoms. The zero-order valence-corrected chi connectivity index (χ0v) is 29.3. The van der Waals surface area contributed by atoms with Gasteiger partial charge in [-0.1, -0.05) is 143 Å². The van der Waals surface area contributed by atoms with Gasteiger partial charge in [0.05, 0.1) is 11.0 Å². The van der Waals surface area contributed by atoms with Crippen LogP contribution in [0.2, 0.25) is 0 Å². The third-order valence-electron chi connectivity index (χ3n) is 10.2. The number of para-hydroxylation sites is 2. The molecule has 4 aromatic heterocycles. The van der Waals surface area contributed by atoms with Crippen LogP contribution in [0.3, 0.4) is 0 Å². The van der Waals surface area contributed by atoms with Gasteiger partial charge in [-0.15, -0.1) is 0 Å². The second-order valence-corrected chi connectivity index (χ2v) is 13.4. The van der Waals surface area contributed by atoms with E-state index in [9.17, 15) is 0 Å². The van der Waals surface area contributed by atoms with Crippen LogP contribution in [0.15, 0.2) is 205 Å². The van der Waals surface area contributed by atoms with E-state index in [1.54, 1.807) is 0 Å². The number of aromatic nitrogens is 5. The van der Waals surface area contributed by atoms with Crippen LogP contribution < -0.4 is 21.0 Å². The topological polar surface area (TPSA) is 52.7 Å². The summed E-state index contributed by atoms with van der Waals surface area (Å²) in [6.07, 6.45) is 8.16. The van der Waals surface area contributed by atoms with E-state index < -0.39 is 0 Å². The number of fused-ring (bicyclic) bond motifs is 3. The number of nitrogens with zero attached hydrogens (tertiary/aromatic N) is 5. The van der Waals surface area contributed by atoms with Crippen LogP contribution in [0.1, 0.15) is 0 Å². The molecule has 10 rings (SSSR count). The van der Waals surface area contributed by atoms with Gasteiger partial charge in [0.15, 0.2) is 5.76 Å². The van der Waals surface area contributed by atoms with E-state index in [1.807, 2.05) is 48.7 Å². The second kappa shape index (κ2) is 13.4. The standard InChI is InChI=1S/C47H33BN5O/c1-4-15-34(16-5-1)46-45(47(54-50-46)35-17-6-2-7-18-35)48(36-19-14-22-39(31-36)52-30-29-51(33-52)38-20-8-3-9-21-38)37-26-27-41-40-23-10-11-24-42(40)53(43(41)32-37)44-25-12-13-28-49-44/h1-33H/q+1. The van der Waals surface area contributed by atoms with Gasteiger partial charge >= 0.3 is 0 Å². The molecule has 0 unspecified atom stereocenters. The maximum atomic E-state index is 6.38. The van der Waals surface area contributed by atoms with E-state index in [0.717, 1.165) is 67.2 Å². The summed E-state index contributed by atoms with van der Waals surface area (Å²) in [5.74, 6) is 1.62. The monoisotopic (exact) mass is 694 g/mol. The minimum Gasteiger partial charge on any atom is -0.356 e. The summed E-state index contributed by atoms with van der Waals surface area (Å²) in [6, 6.07) is 61.3. The molecule has 0 aliphatic carbocycles. The van der Waals surface area contributed by atoms with Crippen LogP contribution in [0.4, 0.5) is 0 Å². The molecule has 0 aliphatic heterocycles. The van der Waals surface area contributed by atoms with Gasteiger partial charge < -0.3 is 4.52 Å². The highest BCUT2D eigenvalue weighted by atomic mass is 16.5. The Kier molecular flexibility index (Phi) is 7.80. The lowest BCUT2D eigenvalue weighted by atomic mass is 9.36. The van der Waals surface area contributed by atoms with Gasteiger partial charge in [0, 0.05) is 33.6 Å². The Balaban J connectivity index is 1.23. The molecule has 10 aromatic rings. The SMILES string of the molecule is c1ccc(-c2noc(-c3ccccc3)c2B(c2cccc(-n3cc[n+](-c4ccccc4)c3)c2)c2ccc3c4ccccc4n(-c4ccccn4)c3c2)cc1. The first-order valence-electron chi connectivity index (χ1n) is 18.1. The van der Waals surface area contributed by atoms with Crippen molar-refractivity contribution in [3.8, 4) is 39.8 Å². The highest BCUT2D eigenvalue weighted by Crippen LogP contribution is 2.31. The third kappa shape index (κ3) is 5.51. The molecule has 0 bridgehead atoms. The lowest BCUT2D eigenvalue weighted by Gasteiger charge is -2.18. The van der Waals surface area contributed by atoms with Gasteiger partial charge in [-0.25, -0.2) is 14.1 Å². The minimum atomic E-state index is -0.252. The number of rotatable bonds is 8. The molecule has 0 spiro atoms. The van der Waals surface area contributed by atoms with Crippen LogP contribution in [0.5, 0.6) is 0 Å². The van der Waals surface area contributed by atoms with Crippen molar-refractivity contribution in [2.45, 2.75) is 0 Å². The lowest BCUT2D eigenvalue weighted by molar-refractivity contribution is -0.594. The van der Waals surface area contributed by atoms with E-state index in [2.05, 4.69) is 166 Å². The largest absolute Gasteiger partial charge is 0.356 e. The molecule has 0 atom stereocenters. The van der Waals surface area contributed by atoms with Gasteiger partial charge in [0.25, 0.3) is 6.33 Å². The van der Waals surface area contributed by atoms with Crippen LogP contribution in [-0.2, 0) is 0 Å². The summed E-state index contributed by atoms with van der Waals surface area (Å²) in [7, 11) is 0. The van der Waals surface area contributed by atoms with Gasteiger partial charge in [-0.3, -0.25) is 4.57 Å². The Morgan fingerprint density at radius 3 is 2.07 bits per heavy atom. The van der Waals surface area contributed by atoms with E-state index >= 15 is 0 Å². The summed E-state index contributed by atoms with van der Waals surface area (Å²) >= 11 is 0. The Morgan fingerprint density at radius 2 is 1.28 bits per heavy atom. The van der Waals surface area contributed by atoms with Crippen molar-refractivity contribution in [2.75, 3.05) is 0 Å². The van der Waals surface area contributed by atoms with Crippen molar-refractivity contribution in [3.63, 3.8) is 0 Å². The summed E-state index contributed by atoms with van der Waals surface area (Å²) in [5.41, 5.74) is 10.4. The van der Waals surface area contributed by atoms with E-state index in [-0.39, 0.29) is 6.71 Å². The first-order valence-corrected chi connectivity index (χ1v) is 18.1. The maximum absolute atomic E-state index is 6.38. The van der Waals surface area contributed by atoms with Crippen LogP contribution in [0, 0.1) is 0 Å². The van der Waals surface area contributed by atoms with Crippen LogP contribution in [0.25, 0.3) is 61.6 Å². The molecule has 0 N–H and O–H groups in total. The highest BCUT2D eigenvalue weighted by molar-refractivity contribution is 6.97. The maximum Gasteiger partial charge on any atom is 0.254 e. The molecule has 54 heavy (non-hydrogen) atoms. The highest BCUT2D eigenvalue weighted by Gasteiger charge is 2.33. The first-order chi connectivity index (χ1) is 26.8. The molecule has 0 aliphatic rings. The molecular weight excluding hydrogens is 661 g/mol. The first kappa shape index (κ1) is 31.5. The van der Waals surface area contributed by atoms with Gasteiger partial charge in [0.2, 0.25) is 6.71 Å². The molecular formula is C47H33BN5O+. The Bertz CT molecular complexity index is 2830. The summed E-state index contributed by atoms with van der Waals surface area (Å²) in [6.45, 7) is -0.252. The molecule has 6 nitrogen and oxygen atoms in total. The predicted octanol–water partition coefficient (Wildman–Crippen LogP) is 8.08. The predicted molar refractivity (Wildman–Crippen MR) is 218 cm³/mol. The van der Waals surface area contributed by atoms with Gasteiger partial charge in [0.1, 0.15) is 35.3 Å². The average Bonchev–Trinajstić information content (AvgIpc) is 3.99. The summed E-state index contributed by atoms with van der Waals surface area (Å²) in [5, 5.41) is 7.17. The van der Waals surface area contributed by atoms with Crippen molar-refractivity contribution in [3.05, 3.63) is 201 Å². The van der Waals surface area contributed by atoms with Crippen molar-refractivity contribution in [1.29, 1.82) is 0 Å². The number of imidazole rings is 1. The zero-order valence-electron chi connectivity index (χ0n) is 29.3. The fourth-order valence-electron chi connectivity index (χ4n) is 7.72. The molecule has 254 valence electrons. The number of benzene rings is 6. The van der Waals surface area contributed by atoms with Crippen molar-refractivity contribution in [2.24, 2.45) is 0 Å².